The molecule has 2 aromatic carbocycles. The van der Waals surface area contributed by atoms with Gasteiger partial charge in [-0.05, 0) is 48.6 Å². The average molecular weight is 243 g/mol. The van der Waals surface area contributed by atoms with Crippen LogP contribution in [0.15, 0.2) is 42.5 Å². The van der Waals surface area contributed by atoms with Crippen LogP contribution in [0.25, 0.3) is 0 Å². The molecule has 2 heteroatoms. The minimum atomic E-state index is -0.187. The summed E-state index contributed by atoms with van der Waals surface area (Å²) in [4.78, 5) is 0. The van der Waals surface area contributed by atoms with Crippen LogP contribution in [0.3, 0.4) is 0 Å². The Kier molecular flexibility index (Phi) is 3.78. The maximum absolute atomic E-state index is 13.5. The van der Waals surface area contributed by atoms with E-state index in [1.165, 1.54) is 17.2 Å². The summed E-state index contributed by atoms with van der Waals surface area (Å²) in [7, 11) is 0. The molecule has 94 valence electrons. The van der Waals surface area contributed by atoms with Crippen LogP contribution in [-0.4, -0.2) is 0 Å². The van der Waals surface area contributed by atoms with E-state index < -0.39 is 0 Å². The Labute approximate surface area is 107 Å². The zero-order valence-electron chi connectivity index (χ0n) is 10.8. The van der Waals surface area contributed by atoms with Gasteiger partial charge in [-0.3, -0.25) is 0 Å². The first-order valence-corrected chi connectivity index (χ1v) is 6.14. The van der Waals surface area contributed by atoms with Crippen molar-refractivity contribution in [3.8, 4) is 0 Å². The largest absolute Gasteiger partial charge is 0.324 e. The fraction of sp³-hybridized carbons (Fsp3) is 0.250. The molecule has 0 aliphatic carbocycles. The monoisotopic (exact) mass is 243 g/mol. The number of hydrogen-bond donors (Lipinski definition) is 1. The topological polar surface area (TPSA) is 26.0 Å². The van der Waals surface area contributed by atoms with Crippen molar-refractivity contribution in [2.24, 2.45) is 5.73 Å². The first-order chi connectivity index (χ1) is 8.58. The minimum absolute atomic E-state index is 0.166. The van der Waals surface area contributed by atoms with Crippen LogP contribution in [0.5, 0.6) is 0 Å². The highest BCUT2D eigenvalue weighted by atomic mass is 19.1. The van der Waals surface area contributed by atoms with Crippen molar-refractivity contribution in [3.05, 3.63) is 70.5 Å². The number of rotatable bonds is 3. The average Bonchev–Trinajstić information content (AvgIpc) is 2.35. The Morgan fingerprint density at radius 2 is 1.78 bits per heavy atom. The lowest BCUT2D eigenvalue weighted by Crippen LogP contribution is -2.14. The molecule has 18 heavy (non-hydrogen) atoms. The van der Waals surface area contributed by atoms with Crippen LogP contribution < -0.4 is 5.73 Å². The van der Waals surface area contributed by atoms with Crippen LogP contribution in [0.2, 0.25) is 0 Å². The molecule has 1 nitrogen and oxygen atoms in total. The minimum Gasteiger partial charge on any atom is -0.324 e. The zero-order valence-corrected chi connectivity index (χ0v) is 10.8. The molecule has 0 aliphatic rings. The molecule has 0 saturated carbocycles. The van der Waals surface area contributed by atoms with Crippen molar-refractivity contribution < 1.29 is 4.39 Å². The van der Waals surface area contributed by atoms with E-state index in [1.54, 1.807) is 13.0 Å². The molecule has 0 heterocycles. The van der Waals surface area contributed by atoms with Gasteiger partial charge in [0, 0.05) is 6.04 Å². The number of aryl methyl sites for hydroxylation is 2. The van der Waals surface area contributed by atoms with Gasteiger partial charge in [0.15, 0.2) is 0 Å². The fourth-order valence-corrected chi connectivity index (χ4v) is 2.03. The zero-order chi connectivity index (χ0) is 13.1. The molecular weight excluding hydrogens is 225 g/mol. The van der Waals surface area contributed by atoms with Crippen molar-refractivity contribution in [2.45, 2.75) is 26.3 Å². The van der Waals surface area contributed by atoms with Gasteiger partial charge in [-0.2, -0.15) is 0 Å². The predicted octanol–water partition coefficient (Wildman–Crippen LogP) is 3.69. The van der Waals surface area contributed by atoms with Crippen LogP contribution >= 0.6 is 0 Å². The third kappa shape index (κ3) is 2.77. The highest BCUT2D eigenvalue weighted by molar-refractivity contribution is 5.30. The van der Waals surface area contributed by atoms with Crippen molar-refractivity contribution in [2.75, 3.05) is 0 Å². The Bertz CT molecular complexity index is 549. The van der Waals surface area contributed by atoms with Crippen LogP contribution in [0.4, 0.5) is 4.39 Å². The van der Waals surface area contributed by atoms with E-state index in [1.807, 2.05) is 18.2 Å². The lowest BCUT2D eigenvalue weighted by Gasteiger charge is -2.14. The highest BCUT2D eigenvalue weighted by Crippen LogP contribution is 2.20. The number of nitrogens with two attached hydrogens (primary N) is 1. The van der Waals surface area contributed by atoms with Crippen LogP contribution in [0.1, 0.15) is 28.3 Å². The van der Waals surface area contributed by atoms with Gasteiger partial charge in [0.2, 0.25) is 0 Å². The molecule has 0 spiro atoms. The van der Waals surface area contributed by atoms with Crippen molar-refractivity contribution in [3.63, 3.8) is 0 Å². The third-order valence-electron chi connectivity index (χ3n) is 3.33. The quantitative estimate of drug-likeness (QED) is 0.874. The van der Waals surface area contributed by atoms with E-state index in [-0.39, 0.29) is 11.9 Å². The molecule has 2 aromatic rings. The summed E-state index contributed by atoms with van der Waals surface area (Å²) in [6.45, 7) is 3.82. The first kappa shape index (κ1) is 12.8. The van der Waals surface area contributed by atoms with E-state index in [9.17, 15) is 4.39 Å². The van der Waals surface area contributed by atoms with Gasteiger partial charge in [-0.25, -0.2) is 4.39 Å². The summed E-state index contributed by atoms with van der Waals surface area (Å²) < 4.78 is 13.5. The molecule has 0 saturated heterocycles. The number of benzene rings is 2. The summed E-state index contributed by atoms with van der Waals surface area (Å²) in [5, 5.41) is 0. The lowest BCUT2D eigenvalue weighted by atomic mass is 9.96. The Morgan fingerprint density at radius 1 is 1.06 bits per heavy atom. The normalized spacial score (nSPS) is 12.4. The highest BCUT2D eigenvalue weighted by Gasteiger charge is 2.10. The summed E-state index contributed by atoms with van der Waals surface area (Å²) in [6.07, 6.45) is 0.731. The lowest BCUT2D eigenvalue weighted by molar-refractivity contribution is 0.609. The Balaban J connectivity index is 2.19. The smallest absolute Gasteiger partial charge is 0.126 e. The number of halogens is 1. The molecule has 0 fully saturated rings. The summed E-state index contributed by atoms with van der Waals surface area (Å²) in [5.41, 5.74) is 10.1. The second kappa shape index (κ2) is 5.32. The van der Waals surface area contributed by atoms with Gasteiger partial charge < -0.3 is 5.73 Å². The molecule has 1 atom stereocenters. The van der Waals surface area contributed by atoms with Gasteiger partial charge in [-0.15, -0.1) is 0 Å². The summed E-state index contributed by atoms with van der Waals surface area (Å²) in [6, 6.07) is 13.2. The predicted molar refractivity (Wildman–Crippen MR) is 72.9 cm³/mol. The molecule has 2 N–H and O–H groups in total. The molecule has 0 bridgehead atoms. The molecule has 1 unspecified atom stereocenters. The maximum atomic E-state index is 13.5. The van der Waals surface area contributed by atoms with Crippen molar-refractivity contribution in [1.29, 1.82) is 0 Å². The molecule has 0 aliphatic heterocycles. The fourth-order valence-electron chi connectivity index (χ4n) is 2.03. The van der Waals surface area contributed by atoms with E-state index >= 15 is 0 Å². The van der Waals surface area contributed by atoms with Gasteiger partial charge in [0.1, 0.15) is 5.82 Å². The Hall–Kier alpha value is -1.67. The van der Waals surface area contributed by atoms with Crippen molar-refractivity contribution in [1.82, 2.24) is 0 Å². The van der Waals surface area contributed by atoms with Gasteiger partial charge >= 0.3 is 0 Å². The number of hydrogen-bond acceptors (Lipinski definition) is 1. The van der Waals surface area contributed by atoms with Gasteiger partial charge in [0.05, 0.1) is 0 Å². The van der Waals surface area contributed by atoms with E-state index in [0.717, 1.165) is 12.0 Å². The van der Waals surface area contributed by atoms with E-state index in [0.29, 0.717) is 5.56 Å². The molecule has 0 aromatic heterocycles. The third-order valence-corrected chi connectivity index (χ3v) is 3.33. The van der Waals surface area contributed by atoms with E-state index in [4.69, 9.17) is 5.73 Å². The second-order valence-corrected chi connectivity index (χ2v) is 4.75. The first-order valence-electron chi connectivity index (χ1n) is 6.14. The molecular formula is C16H18FN. The Morgan fingerprint density at radius 3 is 2.44 bits per heavy atom. The summed E-state index contributed by atoms with van der Waals surface area (Å²) in [5.74, 6) is -0.187. The summed E-state index contributed by atoms with van der Waals surface area (Å²) >= 11 is 0. The standard InChI is InChI=1S/C16H18FN/c1-11-5-3-4-6-13(11)10-16(18)14-8-7-12(2)15(17)9-14/h3-9,16H,10,18H2,1-2H3. The SMILES string of the molecule is Cc1ccc(C(N)Cc2ccccc2C)cc1F. The second-order valence-electron chi connectivity index (χ2n) is 4.75. The van der Waals surface area contributed by atoms with Gasteiger partial charge in [-0.1, -0.05) is 36.4 Å². The van der Waals surface area contributed by atoms with Gasteiger partial charge in [0.25, 0.3) is 0 Å². The van der Waals surface area contributed by atoms with E-state index in [2.05, 4.69) is 19.1 Å². The van der Waals surface area contributed by atoms with Crippen LogP contribution in [-0.2, 0) is 6.42 Å². The molecule has 0 amide bonds. The maximum Gasteiger partial charge on any atom is 0.126 e. The van der Waals surface area contributed by atoms with Crippen LogP contribution in [0, 0.1) is 19.7 Å². The molecule has 0 radical (unpaired) electrons. The molecule has 2 rings (SSSR count). The van der Waals surface area contributed by atoms with Crippen molar-refractivity contribution >= 4 is 0 Å².